The maximum atomic E-state index is 12.7. The predicted molar refractivity (Wildman–Crippen MR) is 113 cm³/mol. The number of hydrogen-bond donors (Lipinski definition) is 1. The number of nitro benzene ring substituents is 1. The van der Waals surface area contributed by atoms with Crippen LogP contribution < -0.4 is 4.72 Å². The van der Waals surface area contributed by atoms with Gasteiger partial charge >= 0.3 is 0 Å². The molecule has 1 N–H and O–H groups in total. The zero-order chi connectivity index (χ0) is 22.0. The third kappa shape index (κ3) is 4.59. The summed E-state index contributed by atoms with van der Waals surface area (Å²) in [6.45, 7) is 1.20. The molecule has 162 valence electrons. The number of fused-ring (bicyclic) bond motifs is 1. The van der Waals surface area contributed by atoms with Crippen LogP contribution in [0.1, 0.15) is 23.4 Å². The number of carbonyl (C=O) groups is 1. The summed E-state index contributed by atoms with van der Waals surface area (Å²) in [5.74, 6) is 0.186. The summed E-state index contributed by atoms with van der Waals surface area (Å²) in [5.41, 5.74) is 0.386. The smallest absolute Gasteiger partial charge is 0.289 e. The standard InChI is InChI=1S/C21H21N3O6S/c25-21(20-12-16-4-1-2-7-19(16)30-20)23-10-8-15(9-11-23)14-22-31(28,29)18-6-3-5-17(13-18)24(26)27/h1-7,12-13,15,22H,8-11,14H2. The first-order valence-corrected chi connectivity index (χ1v) is 11.3. The number of likely N-dealkylation sites (tertiary alicyclic amines) is 1. The Morgan fingerprint density at radius 2 is 1.87 bits per heavy atom. The van der Waals surface area contributed by atoms with Crippen LogP contribution in [0.4, 0.5) is 5.69 Å². The molecule has 0 aliphatic carbocycles. The van der Waals surface area contributed by atoms with E-state index in [1.165, 1.54) is 18.2 Å². The van der Waals surface area contributed by atoms with Crippen molar-refractivity contribution in [2.45, 2.75) is 17.7 Å². The SMILES string of the molecule is O=C(c1cc2ccccc2o1)N1CCC(CNS(=O)(=O)c2cccc([N+](=O)[O-])c2)CC1. The van der Waals surface area contributed by atoms with E-state index in [2.05, 4.69) is 4.72 Å². The topological polar surface area (TPSA) is 123 Å². The average Bonchev–Trinajstić information content (AvgIpc) is 3.22. The van der Waals surface area contributed by atoms with E-state index in [0.717, 1.165) is 11.5 Å². The third-order valence-corrected chi connectivity index (χ3v) is 6.86. The number of rotatable bonds is 6. The van der Waals surface area contributed by atoms with Crippen LogP contribution in [0.2, 0.25) is 0 Å². The maximum Gasteiger partial charge on any atom is 0.289 e. The Morgan fingerprint density at radius 1 is 1.13 bits per heavy atom. The van der Waals surface area contributed by atoms with Crippen LogP contribution in [0.25, 0.3) is 11.0 Å². The molecule has 1 fully saturated rings. The Kier molecular flexibility index (Phi) is 5.75. The van der Waals surface area contributed by atoms with Gasteiger partial charge in [-0.15, -0.1) is 0 Å². The largest absolute Gasteiger partial charge is 0.451 e. The molecule has 10 heteroatoms. The second kappa shape index (κ2) is 8.48. The fraction of sp³-hybridized carbons (Fsp3) is 0.286. The molecule has 2 aromatic carbocycles. The number of furan rings is 1. The molecule has 1 aliphatic heterocycles. The minimum Gasteiger partial charge on any atom is -0.451 e. The Labute approximate surface area is 178 Å². The number of benzene rings is 2. The van der Waals surface area contributed by atoms with Gasteiger partial charge in [0.2, 0.25) is 10.0 Å². The Morgan fingerprint density at radius 3 is 2.58 bits per heavy atom. The summed E-state index contributed by atoms with van der Waals surface area (Å²) in [6.07, 6.45) is 1.28. The molecule has 1 aromatic heterocycles. The summed E-state index contributed by atoms with van der Waals surface area (Å²) >= 11 is 0. The monoisotopic (exact) mass is 443 g/mol. The van der Waals surface area contributed by atoms with E-state index >= 15 is 0 Å². The van der Waals surface area contributed by atoms with Crippen molar-refractivity contribution in [1.82, 2.24) is 9.62 Å². The zero-order valence-electron chi connectivity index (χ0n) is 16.6. The summed E-state index contributed by atoms with van der Waals surface area (Å²) in [7, 11) is -3.85. The molecule has 4 rings (SSSR count). The van der Waals surface area contributed by atoms with Crippen LogP contribution in [0.5, 0.6) is 0 Å². The van der Waals surface area contributed by atoms with Crippen molar-refractivity contribution in [2.24, 2.45) is 5.92 Å². The van der Waals surface area contributed by atoms with Gasteiger partial charge < -0.3 is 9.32 Å². The first kappa shape index (κ1) is 21.0. The fourth-order valence-corrected chi connectivity index (χ4v) is 4.81. The van der Waals surface area contributed by atoms with Crippen molar-refractivity contribution >= 4 is 32.6 Å². The second-order valence-electron chi connectivity index (χ2n) is 7.49. The van der Waals surface area contributed by atoms with Crippen LogP contribution in [0, 0.1) is 16.0 Å². The summed E-state index contributed by atoms with van der Waals surface area (Å²) < 4.78 is 33.1. The Hall–Kier alpha value is -3.24. The molecule has 0 bridgehead atoms. The lowest BCUT2D eigenvalue weighted by molar-refractivity contribution is -0.385. The molecule has 31 heavy (non-hydrogen) atoms. The molecule has 0 spiro atoms. The molecule has 2 heterocycles. The number of para-hydroxylation sites is 1. The summed E-state index contributed by atoms with van der Waals surface area (Å²) in [5, 5.41) is 11.7. The van der Waals surface area contributed by atoms with E-state index in [1.807, 2.05) is 24.3 Å². The van der Waals surface area contributed by atoms with Crippen LogP contribution >= 0.6 is 0 Å². The van der Waals surface area contributed by atoms with Crippen molar-refractivity contribution in [2.75, 3.05) is 19.6 Å². The van der Waals surface area contributed by atoms with Crippen molar-refractivity contribution in [3.05, 3.63) is 70.5 Å². The lowest BCUT2D eigenvalue weighted by Gasteiger charge is -2.31. The van der Waals surface area contributed by atoms with Gasteiger partial charge in [0.1, 0.15) is 5.58 Å². The Balaban J connectivity index is 1.33. The first-order valence-electron chi connectivity index (χ1n) is 9.85. The maximum absolute atomic E-state index is 12.7. The van der Waals surface area contributed by atoms with E-state index in [9.17, 15) is 23.3 Å². The average molecular weight is 443 g/mol. The van der Waals surface area contributed by atoms with Crippen molar-refractivity contribution in [1.29, 1.82) is 0 Å². The zero-order valence-corrected chi connectivity index (χ0v) is 17.4. The number of piperidine rings is 1. The number of sulfonamides is 1. The molecular formula is C21H21N3O6S. The van der Waals surface area contributed by atoms with E-state index in [-0.39, 0.29) is 29.0 Å². The van der Waals surface area contributed by atoms with E-state index in [1.54, 1.807) is 11.0 Å². The molecule has 0 saturated carbocycles. The lowest BCUT2D eigenvalue weighted by Crippen LogP contribution is -2.41. The normalized spacial score (nSPS) is 15.3. The minimum atomic E-state index is -3.85. The molecule has 9 nitrogen and oxygen atoms in total. The molecular weight excluding hydrogens is 422 g/mol. The molecule has 1 aliphatic rings. The van der Waals surface area contributed by atoms with Crippen molar-refractivity contribution < 1.29 is 22.6 Å². The van der Waals surface area contributed by atoms with E-state index in [4.69, 9.17) is 4.42 Å². The highest BCUT2D eigenvalue weighted by Crippen LogP contribution is 2.24. The summed E-state index contributed by atoms with van der Waals surface area (Å²) in [4.78, 5) is 24.5. The molecule has 0 atom stereocenters. The van der Waals surface area contributed by atoms with Gasteiger partial charge in [-0.1, -0.05) is 24.3 Å². The predicted octanol–water partition coefficient (Wildman–Crippen LogP) is 3.17. The fourth-order valence-electron chi connectivity index (χ4n) is 3.66. The van der Waals surface area contributed by atoms with Crippen LogP contribution in [0.3, 0.4) is 0 Å². The van der Waals surface area contributed by atoms with Gasteiger partial charge in [-0.05, 0) is 37.0 Å². The number of carbonyl (C=O) groups excluding carboxylic acids is 1. The minimum absolute atomic E-state index is 0.0631. The number of amides is 1. The molecule has 0 radical (unpaired) electrons. The quantitative estimate of drug-likeness (QED) is 0.461. The van der Waals surface area contributed by atoms with Gasteiger partial charge in [0.15, 0.2) is 5.76 Å². The van der Waals surface area contributed by atoms with Crippen LogP contribution in [-0.4, -0.2) is 43.8 Å². The summed E-state index contributed by atoms with van der Waals surface area (Å²) in [6, 6.07) is 14.1. The molecule has 1 saturated heterocycles. The number of nitrogens with one attached hydrogen (secondary N) is 1. The highest BCUT2D eigenvalue weighted by atomic mass is 32.2. The number of nitrogens with zero attached hydrogens (tertiary/aromatic N) is 2. The number of nitro groups is 1. The molecule has 0 unspecified atom stereocenters. The Bertz CT molecular complexity index is 1200. The van der Waals surface area contributed by atoms with E-state index in [0.29, 0.717) is 37.3 Å². The highest BCUT2D eigenvalue weighted by Gasteiger charge is 2.27. The highest BCUT2D eigenvalue weighted by molar-refractivity contribution is 7.89. The van der Waals surface area contributed by atoms with Crippen molar-refractivity contribution in [3.8, 4) is 0 Å². The third-order valence-electron chi connectivity index (χ3n) is 5.44. The van der Waals surface area contributed by atoms with Gasteiger partial charge in [0.05, 0.1) is 9.82 Å². The van der Waals surface area contributed by atoms with Crippen LogP contribution in [0.15, 0.2) is 63.9 Å². The van der Waals surface area contributed by atoms with Crippen LogP contribution in [-0.2, 0) is 10.0 Å². The van der Waals surface area contributed by atoms with Gasteiger partial charge in [-0.25, -0.2) is 13.1 Å². The van der Waals surface area contributed by atoms with Gasteiger partial charge in [0.25, 0.3) is 11.6 Å². The molecule has 3 aromatic rings. The van der Waals surface area contributed by atoms with E-state index < -0.39 is 14.9 Å². The van der Waals surface area contributed by atoms with Crippen molar-refractivity contribution in [3.63, 3.8) is 0 Å². The lowest BCUT2D eigenvalue weighted by atomic mass is 9.97. The molecule has 1 amide bonds. The van der Waals surface area contributed by atoms with Gasteiger partial charge in [-0.3, -0.25) is 14.9 Å². The van der Waals surface area contributed by atoms with Gasteiger partial charge in [0, 0.05) is 37.2 Å². The first-order chi connectivity index (χ1) is 14.8. The number of non-ortho nitro benzene ring substituents is 1. The number of hydrogen-bond acceptors (Lipinski definition) is 6. The van der Waals surface area contributed by atoms with Gasteiger partial charge in [-0.2, -0.15) is 0 Å². The second-order valence-corrected chi connectivity index (χ2v) is 9.26.